The highest BCUT2D eigenvalue weighted by molar-refractivity contribution is 7.98. The Kier molecular flexibility index (Phi) is 11.4. The van der Waals surface area contributed by atoms with E-state index in [0.717, 1.165) is 10.9 Å². The number of H-pyrrole nitrogens is 1. The summed E-state index contributed by atoms with van der Waals surface area (Å²) in [5, 5.41) is 27.5. The van der Waals surface area contributed by atoms with Gasteiger partial charge in [-0.1, -0.05) is 18.2 Å². The molecule has 4 atom stereocenters. The van der Waals surface area contributed by atoms with Crippen LogP contribution < -0.4 is 21.7 Å². The number of para-hydroxylation sites is 1. The first kappa shape index (κ1) is 28.5. The number of hydrogen-bond donors (Lipinski definition) is 8. The number of aliphatic hydroxyl groups excluding tert-OH is 1. The number of thiol groups is 1. The number of aromatic amines is 1. The summed E-state index contributed by atoms with van der Waals surface area (Å²) in [5.41, 5.74) is 7.18. The summed E-state index contributed by atoms with van der Waals surface area (Å²) in [6, 6.07) is 2.72. The molecule has 0 bridgehead atoms. The second kappa shape index (κ2) is 14.0. The molecule has 0 aliphatic heterocycles. The summed E-state index contributed by atoms with van der Waals surface area (Å²) < 4.78 is 0. The minimum atomic E-state index is -1.42. The van der Waals surface area contributed by atoms with Crippen molar-refractivity contribution in [3.8, 4) is 0 Å². The molecule has 192 valence electrons. The molecule has 35 heavy (non-hydrogen) atoms. The maximum atomic E-state index is 12.8. The van der Waals surface area contributed by atoms with Crippen LogP contribution in [0.5, 0.6) is 0 Å². The number of benzene rings is 1. The summed E-state index contributed by atoms with van der Waals surface area (Å²) in [7, 11) is 0. The lowest BCUT2D eigenvalue weighted by atomic mass is 10.0. The molecule has 1 heterocycles. The van der Waals surface area contributed by atoms with E-state index in [1.54, 1.807) is 6.20 Å². The van der Waals surface area contributed by atoms with Crippen LogP contribution in [0.1, 0.15) is 12.0 Å². The van der Waals surface area contributed by atoms with Crippen molar-refractivity contribution in [1.29, 1.82) is 0 Å². The number of fused-ring (bicyclic) bond motifs is 1. The number of amides is 3. The maximum absolute atomic E-state index is 12.8. The Balaban J connectivity index is 2.08. The van der Waals surface area contributed by atoms with Gasteiger partial charge in [0, 0.05) is 29.3 Å². The van der Waals surface area contributed by atoms with Crippen molar-refractivity contribution in [1.82, 2.24) is 20.9 Å². The Labute approximate surface area is 212 Å². The van der Waals surface area contributed by atoms with Crippen LogP contribution in [-0.2, 0) is 25.6 Å². The maximum Gasteiger partial charge on any atom is 0.326 e. The number of carboxylic acids is 1. The number of nitrogens with two attached hydrogens (primary N) is 1. The van der Waals surface area contributed by atoms with Crippen molar-refractivity contribution in [2.45, 2.75) is 37.0 Å². The van der Waals surface area contributed by atoms with Gasteiger partial charge in [0.2, 0.25) is 17.7 Å². The summed E-state index contributed by atoms with van der Waals surface area (Å²) in [6.45, 7) is -0.768. The van der Waals surface area contributed by atoms with Crippen molar-refractivity contribution in [2.24, 2.45) is 5.73 Å². The number of carboxylic acid groups (broad SMARTS) is 1. The highest BCUT2D eigenvalue weighted by Crippen LogP contribution is 2.19. The highest BCUT2D eigenvalue weighted by atomic mass is 32.2. The molecule has 1 aromatic carbocycles. The number of aromatic nitrogens is 1. The van der Waals surface area contributed by atoms with Crippen molar-refractivity contribution < 1.29 is 29.4 Å². The largest absolute Gasteiger partial charge is 0.480 e. The fourth-order valence-electron chi connectivity index (χ4n) is 3.33. The van der Waals surface area contributed by atoms with Crippen molar-refractivity contribution in [2.75, 3.05) is 24.4 Å². The van der Waals surface area contributed by atoms with Gasteiger partial charge in [0.15, 0.2) is 0 Å². The van der Waals surface area contributed by atoms with Crippen LogP contribution >= 0.6 is 24.4 Å². The van der Waals surface area contributed by atoms with Gasteiger partial charge in [-0.15, -0.1) is 0 Å². The molecule has 13 heteroatoms. The quantitative estimate of drug-likeness (QED) is 0.148. The molecule has 1 aromatic heterocycles. The third kappa shape index (κ3) is 8.16. The van der Waals surface area contributed by atoms with Crippen LogP contribution in [0.25, 0.3) is 10.9 Å². The number of aliphatic hydroxyl groups is 1. The SMILES string of the molecule is CSCCC(NC(=O)C(N)CS)C(=O)NC(CO)C(=O)NC(Cc1c[nH]c2ccccc12)C(=O)O. The zero-order valence-electron chi connectivity index (χ0n) is 19.2. The standard InChI is InChI=1S/C22H31N5O6S2/c1-35-7-6-16(25-19(29)14(23)11-34)20(30)27-18(10-28)21(31)26-17(22(32)33)8-12-9-24-15-5-3-2-4-13(12)15/h2-5,9,14,16-18,24,28,34H,6-8,10-11,23H2,1H3,(H,25,29)(H,26,31)(H,27,30)(H,32,33). The molecule has 0 spiro atoms. The van der Waals surface area contributed by atoms with Gasteiger partial charge < -0.3 is 36.9 Å². The lowest BCUT2D eigenvalue weighted by Crippen LogP contribution is -2.58. The molecule has 2 rings (SSSR count). The van der Waals surface area contributed by atoms with E-state index in [1.165, 1.54) is 11.8 Å². The Morgan fingerprint density at radius 1 is 1.06 bits per heavy atom. The average molecular weight is 526 g/mol. The summed E-state index contributed by atoms with van der Waals surface area (Å²) >= 11 is 5.43. The first-order valence-corrected chi connectivity index (χ1v) is 12.9. The minimum absolute atomic E-state index is 0.00873. The van der Waals surface area contributed by atoms with Crippen LogP contribution in [-0.4, -0.2) is 87.4 Å². The first-order valence-electron chi connectivity index (χ1n) is 10.9. The molecular formula is C22H31N5O6S2. The number of rotatable bonds is 14. The van der Waals surface area contributed by atoms with Crippen molar-refractivity contribution in [3.05, 3.63) is 36.0 Å². The van der Waals surface area contributed by atoms with Gasteiger partial charge in [-0.2, -0.15) is 24.4 Å². The molecule has 0 aliphatic rings. The van der Waals surface area contributed by atoms with Crippen LogP contribution in [0.2, 0.25) is 0 Å². The normalized spacial score (nSPS) is 14.5. The Morgan fingerprint density at radius 2 is 1.69 bits per heavy atom. The number of hydrogen-bond acceptors (Lipinski definition) is 8. The molecule has 0 saturated heterocycles. The highest BCUT2D eigenvalue weighted by Gasteiger charge is 2.30. The van der Waals surface area contributed by atoms with Crippen molar-refractivity contribution in [3.63, 3.8) is 0 Å². The molecule has 2 aromatic rings. The summed E-state index contributed by atoms with van der Waals surface area (Å²) in [5.74, 6) is -2.78. The molecule has 0 saturated carbocycles. The van der Waals surface area contributed by atoms with Crippen LogP contribution in [0.3, 0.4) is 0 Å². The van der Waals surface area contributed by atoms with E-state index in [0.29, 0.717) is 11.3 Å². The zero-order valence-corrected chi connectivity index (χ0v) is 20.9. The summed E-state index contributed by atoms with van der Waals surface area (Å²) in [4.78, 5) is 52.6. The van der Waals surface area contributed by atoms with Crippen LogP contribution in [0, 0.1) is 0 Å². The Hall–Kier alpha value is -2.74. The van der Waals surface area contributed by atoms with Gasteiger partial charge in [-0.25, -0.2) is 4.79 Å². The second-order valence-electron chi connectivity index (χ2n) is 7.84. The molecule has 3 amide bonds. The lowest BCUT2D eigenvalue weighted by Gasteiger charge is -2.24. The number of aliphatic carboxylic acids is 1. The van der Waals surface area contributed by atoms with Gasteiger partial charge in [0.1, 0.15) is 18.1 Å². The van der Waals surface area contributed by atoms with Gasteiger partial charge in [0.25, 0.3) is 0 Å². The molecule has 4 unspecified atom stereocenters. The Bertz CT molecular complexity index is 1030. The second-order valence-corrected chi connectivity index (χ2v) is 9.19. The van der Waals surface area contributed by atoms with Crippen LogP contribution in [0.15, 0.2) is 30.5 Å². The fraction of sp³-hybridized carbons (Fsp3) is 0.455. The van der Waals surface area contributed by atoms with E-state index in [-0.39, 0.29) is 18.6 Å². The van der Waals surface area contributed by atoms with Crippen LogP contribution in [0.4, 0.5) is 0 Å². The zero-order chi connectivity index (χ0) is 26.0. The van der Waals surface area contributed by atoms with Gasteiger partial charge in [-0.05, 0) is 30.1 Å². The van der Waals surface area contributed by atoms with E-state index in [4.69, 9.17) is 5.73 Å². The minimum Gasteiger partial charge on any atom is -0.480 e. The monoisotopic (exact) mass is 525 g/mol. The molecule has 11 nitrogen and oxygen atoms in total. The molecule has 0 aliphatic carbocycles. The predicted molar refractivity (Wildman–Crippen MR) is 137 cm³/mol. The number of thioether (sulfide) groups is 1. The number of nitrogens with one attached hydrogen (secondary N) is 4. The molecule has 0 radical (unpaired) electrons. The van der Waals surface area contributed by atoms with E-state index in [1.807, 2.05) is 30.5 Å². The first-order chi connectivity index (χ1) is 16.7. The van der Waals surface area contributed by atoms with E-state index < -0.39 is 54.5 Å². The number of carbonyl (C=O) groups is 4. The Morgan fingerprint density at radius 3 is 2.31 bits per heavy atom. The van der Waals surface area contributed by atoms with Crippen molar-refractivity contribution >= 4 is 59.0 Å². The molecule has 8 N–H and O–H groups in total. The van der Waals surface area contributed by atoms with Gasteiger partial charge in [0.05, 0.1) is 12.6 Å². The average Bonchev–Trinajstić information content (AvgIpc) is 3.26. The van der Waals surface area contributed by atoms with E-state index in [2.05, 4.69) is 33.6 Å². The van der Waals surface area contributed by atoms with Gasteiger partial charge in [-0.3, -0.25) is 14.4 Å². The topological polar surface area (TPSA) is 187 Å². The molecular weight excluding hydrogens is 494 g/mol. The summed E-state index contributed by atoms with van der Waals surface area (Å²) in [6.07, 6.45) is 3.76. The predicted octanol–water partition coefficient (Wildman–Crippen LogP) is -0.748. The third-order valence-electron chi connectivity index (χ3n) is 5.31. The third-order valence-corrected chi connectivity index (χ3v) is 6.34. The van der Waals surface area contributed by atoms with Gasteiger partial charge >= 0.3 is 5.97 Å². The lowest BCUT2D eigenvalue weighted by molar-refractivity contribution is -0.142. The number of carbonyl (C=O) groups excluding carboxylic acids is 3. The van der Waals surface area contributed by atoms with E-state index in [9.17, 15) is 29.4 Å². The molecule has 0 fully saturated rings. The van der Waals surface area contributed by atoms with E-state index >= 15 is 0 Å². The smallest absolute Gasteiger partial charge is 0.326 e. The fourth-order valence-corrected chi connectivity index (χ4v) is 3.96.